The summed E-state index contributed by atoms with van der Waals surface area (Å²) in [4.78, 5) is 48.6. The number of nitro benzene ring substituents is 1. The molecule has 0 spiro atoms. The third kappa shape index (κ3) is 5.90. The quantitative estimate of drug-likeness (QED) is 0.451. The average Bonchev–Trinajstić information content (AvgIpc) is 3.09. The summed E-state index contributed by atoms with van der Waals surface area (Å²) in [7, 11) is 0. The first kappa shape index (κ1) is 22.1. The summed E-state index contributed by atoms with van der Waals surface area (Å²) in [5.41, 5.74) is -0.395. The van der Waals surface area contributed by atoms with Crippen molar-refractivity contribution in [3.63, 3.8) is 0 Å². The number of aryl methyl sites for hydroxylation is 1. The van der Waals surface area contributed by atoms with Crippen molar-refractivity contribution in [2.45, 2.75) is 52.2 Å². The summed E-state index contributed by atoms with van der Waals surface area (Å²) in [5.74, 6) is -1.43. The lowest BCUT2D eigenvalue weighted by atomic mass is 10.1. The second-order valence-electron chi connectivity index (χ2n) is 7.71. The monoisotopic (exact) mass is 407 g/mol. The van der Waals surface area contributed by atoms with Gasteiger partial charge in [-0.2, -0.15) is 0 Å². The molecule has 0 unspecified atom stereocenters. The zero-order valence-electron chi connectivity index (χ0n) is 16.9. The predicted molar refractivity (Wildman–Crippen MR) is 103 cm³/mol. The fourth-order valence-electron chi connectivity index (χ4n) is 2.93. The molecule has 1 N–H and O–H groups in total. The molecule has 1 atom stereocenters. The smallest absolute Gasteiger partial charge is 0.411 e. The van der Waals surface area contributed by atoms with Crippen LogP contribution in [0.25, 0.3) is 0 Å². The van der Waals surface area contributed by atoms with Crippen LogP contribution in [0, 0.1) is 17.0 Å². The lowest BCUT2D eigenvalue weighted by Crippen LogP contribution is -2.44. The fraction of sp³-hybridized carbons (Fsp3) is 0.526. The zero-order valence-corrected chi connectivity index (χ0v) is 16.9. The highest BCUT2D eigenvalue weighted by atomic mass is 16.6. The van der Waals surface area contributed by atoms with Gasteiger partial charge in [-0.05, 0) is 46.1 Å². The number of hydrogen-bond acceptors (Lipinski definition) is 7. The molecule has 10 heteroatoms. The fourth-order valence-corrected chi connectivity index (χ4v) is 2.93. The van der Waals surface area contributed by atoms with Crippen LogP contribution in [0.2, 0.25) is 0 Å². The van der Waals surface area contributed by atoms with Gasteiger partial charge >= 0.3 is 12.1 Å². The number of carbonyl (C=O) groups excluding carboxylic acids is 3. The van der Waals surface area contributed by atoms with Gasteiger partial charge in [0.25, 0.3) is 11.6 Å². The van der Waals surface area contributed by atoms with E-state index in [1.807, 2.05) is 0 Å². The normalized spacial score (nSPS) is 16.3. The summed E-state index contributed by atoms with van der Waals surface area (Å²) < 4.78 is 10.3. The molecular weight excluding hydrogens is 382 g/mol. The number of esters is 1. The minimum absolute atomic E-state index is 0.0507. The number of rotatable bonds is 5. The third-order valence-corrected chi connectivity index (χ3v) is 4.21. The van der Waals surface area contributed by atoms with Crippen LogP contribution >= 0.6 is 0 Å². The Balaban J connectivity index is 1.96. The number of nitrogens with zero attached hydrogens (tertiary/aromatic N) is 2. The number of nitro groups is 1. The molecule has 0 radical (unpaired) electrons. The van der Waals surface area contributed by atoms with Crippen LogP contribution < -0.4 is 5.32 Å². The van der Waals surface area contributed by atoms with Crippen molar-refractivity contribution in [1.82, 2.24) is 4.90 Å². The van der Waals surface area contributed by atoms with E-state index in [0.717, 1.165) is 0 Å². The SMILES string of the molecule is Cc1cccc([N+](=O)[O-])c1NC(=O)COC(=O)[C@@H]1CCCN1C(=O)OC(C)(C)C. The number of amides is 2. The van der Waals surface area contributed by atoms with Gasteiger partial charge in [-0.15, -0.1) is 0 Å². The van der Waals surface area contributed by atoms with Crippen molar-refractivity contribution >= 4 is 29.3 Å². The van der Waals surface area contributed by atoms with Crippen LogP contribution in [0.15, 0.2) is 18.2 Å². The van der Waals surface area contributed by atoms with Crippen molar-refractivity contribution in [3.8, 4) is 0 Å². The first-order chi connectivity index (χ1) is 13.5. The van der Waals surface area contributed by atoms with Crippen LogP contribution in [0.4, 0.5) is 16.2 Å². The van der Waals surface area contributed by atoms with Gasteiger partial charge in [-0.1, -0.05) is 12.1 Å². The molecule has 2 rings (SSSR count). The van der Waals surface area contributed by atoms with E-state index in [9.17, 15) is 24.5 Å². The molecule has 1 aromatic carbocycles. The highest BCUT2D eigenvalue weighted by Gasteiger charge is 2.37. The molecule has 0 aliphatic carbocycles. The number of hydrogen-bond donors (Lipinski definition) is 1. The van der Waals surface area contributed by atoms with Gasteiger partial charge < -0.3 is 14.8 Å². The van der Waals surface area contributed by atoms with Crippen LogP contribution in [-0.2, 0) is 19.1 Å². The topological polar surface area (TPSA) is 128 Å². The molecule has 1 aliphatic rings. The van der Waals surface area contributed by atoms with E-state index < -0.39 is 41.1 Å². The number of ether oxygens (including phenoxy) is 2. The van der Waals surface area contributed by atoms with E-state index in [0.29, 0.717) is 24.9 Å². The van der Waals surface area contributed by atoms with E-state index in [-0.39, 0.29) is 11.4 Å². The second-order valence-corrected chi connectivity index (χ2v) is 7.71. The number of likely N-dealkylation sites (tertiary alicyclic amines) is 1. The van der Waals surface area contributed by atoms with E-state index in [1.54, 1.807) is 33.8 Å². The van der Waals surface area contributed by atoms with Crippen molar-refractivity contribution in [2.24, 2.45) is 0 Å². The van der Waals surface area contributed by atoms with Crippen LogP contribution in [0.3, 0.4) is 0 Å². The molecule has 1 aromatic rings. The number of benzene rings is 1. The second kappa shape index (κ2) is 8.89. The number of nitrogens with one attached hydrogen (secondary N) is 1. The van der Waals surface area contributed by atoms with Crippen LogP contribution in [-0.4, -0.2) is 52.6 Å². The molecule has 1 aliphatic heterocycles. The molecule has 2 amide bonds. The largest absolute Gasteiger partial charge is 0.454 e. The molecule has 1 fully saturated rings. The molecule has 0 saturated carbocycles. The Morgan fingerprint density at radius 3 is 2.62 bits per heavy atom. The Kier molecular flexibility index (Phi) is 6.78. The average molecular weight is 407 g/mol. The molecule has 29 heavy (non-hydrogen) atoms. The number of para-hydroxylation sites is 1. The van der Waals surface area contributed by atoms with Crippen molar-refractivity contribution in [2.75, 3.05) is 18.5 Å². The van der Waals surface area contributed by atoms with E-state index >= 15 is 0 Å². The number of anilines is 1. The summed E-state index contributed by atoms with van der Waals surface area (Å²) in [6.45, 7) is 6.53. The Hall–Kier alpha value is -3.17. The van der Waals surface area contributed by atoms with Crippen molar-refractivity contribution < 1.29 is 28.8 Å². The Bertz CT molecular complexity index is 817. The van der Waals surface area contributed by atoms with Gasteiger partial charge in [-0.3, -0.25) is 19.8 Å². The first-order valence-corrected chi connectivity index (χ1v) is 9.19. The van der Waals surface area contributed by atoms with Crippen LogP contribution in [0.1, 0.15) is 39.2 Å². The zero-order chi connectivity index (χ0) is 21.8. The molecule has 10 nitrogen and oxygen atoms in total. The van der Waals surface area contributed by atoms with E-state index in [1.165, 1.54) is 17.0 Å². The van der Waals surface area contributed by atoms with Crippen molar-refractivity contribution in [1.29, 1.82) is 0 Å². The molecular formula is C19H25N3O7. The van der Waals surface area contributed by atoms with Crippen LogP contribution in [0.5, 0.6) is 0 Å². The van der Waals surface area contributed by atoms with Gasteiger partial charge in [0.05, 0.1) is 4.92 Å². The lowest BCUT2D eigenvalue weighted by molar-refractivity contribution is -0.384. The summed E-state index contributed by atoms with van der Waals surface area (Å²) in [6.07, 6.45) is 0.403. The molecule has 0 bridgehead atoms. The molecule has 1 saturated heterocycles. The standard InChI is InChI=1S/C19H25N3O7/c1-12-7-5-8-13(22(26)27)16(12)20-15(23)11-28-17(24)14-9-6-10-21(14)18(25)29-19(2,3)4/h5,7-8,14H,6,9-11H2,1-4H3,(H,20,23)/t14-/m0/s1. The van der Waals surface area contributed by atoms with Gasteiger partial charge in [0.2, 0.25) is 0 Å². The molecule has 158 valence electrons. The summed E-state index contributed by atoms with van der Waals surface area (Å²) >= 11 is 0. The minimum atomic E-state index is -0.828. The van der Waals surface area contributed by atoms with Gasteiger partial charge in [0.1, 0.15) is 17.3 Å². The maximum Gasteiger partial charge on any atom is 0.411 e. The predicted octanol–water partition coefficient (Wildman–Crippen LogP) is 2.78. The minimum Gasteiger partial charge on any atom is -0.454 e. The Morgan fingerprint density at radius 2 is 2.00 bits per heavy atom. The highest BCUT2D eigenvalue weighted by Crippen LogP contribution is 2.27. The summed E-state index contributed by atoms with van der Waals surface area (Å²) in [6, 6.07) is 3.57. The van der Waals surface area contributed by atoms with Gasteiger partial charge in [0.15, 0.2) is 6.61 Å². The summed E-state index contributed by atoms with van der Waals surface area (Å²) in [5, 5.41) is 13.5. The number of carbonyl (C=O) groups is 3. The maximum absolute atomic E-state index is 12.4. The first-order valence-electron chi connectivity index (χ1n) is 9.19. The van der Waals surface area contributed by atoms with Crippen molar-refractivity contribution in [3.05, 3.63) is 33.9 Å². The molecule has 1 heterocycles. The van der Waals surface area contributed by atoms with E-state index in [4.69, 9.17) is 9.47 Å². The Labute approximate surface area is 168 Å². The molecule has 0 aromatic heterocycles. The highest BCUT2D eigenvalue weighted by molar-refractivity contribution is 5.96. The maximum atomic E-state index is 12.4. The van der Waals surface area contributed by atoms with E-state index in [2.05, 4.69) is 5.32 Å². The lowest BCUT2D eigenvalue weighted by Gasteiger charge is -2.27. The van der Waals surface area contributed by atoms with Gasteiger partial charge in [-0.25, -0.2) is 9.59 Å². The Morgan fingerprint density at radius 1 is 1.31 bits per heavy atom. The van der Waals surface area contributed by atoms with Gasteiger partial charge in [0, 0.05) is 12.6 Å². The third-order valence-electron chi connectivity index (χ3n) is 4.21.